The molecule has 2 aliphatic heterocycles. The van der Waals surface area contributed by atoms with Gasteiger partial charge in [0, 0.05) is 31.6 Å². The van der Waals surface area contributed by atoms with E-state index in [0.29, 0.717) is 6.42 Å². The molecule has 0 spiro atoms. The van der Waals surface area contributed by atoms with Crippen LogP contribution >= 0.6 is 0 Å². The molecule has 4 nitrogen and oxygen atoms in total. The van der Waals surface area contributed by atoms with E-state index in [0.717, 1.165) is 30.8 Å². The average Bonchev–Trinajstić information content (AvgIpc) is 2.49. The third-order valence-electron chi connectivity index (χ3n) is 3.83. The van der Waals surface area contributed by atoms with E-state index in [2.05, 4.69) is 39.7 Å². The highest BCUT2D eigenvalue weighted by Gasteiger charge is 2.14. The van der Waals surface area contributed by atoms with Crippen LogP contribution in [0.2, 0.25) is 0 Å². The van der Waals surface area contributed by atoms with Crippen molar-refractivity contribution in [2.75, 3.05) is 18.0 Å². The Bertz CT molecular complexity index is 487. The Morgan fingerprint density at radius 1 is 1.00 bits per heavy atom. The van der Waals surface area contributed by atoms with Crippen molar-refractivity contribution in [1.29, 1.82) is 0 Å². The van der Waals surface area contributed by atoms with Gasteiger partial charge in [0.2, 0.25) is 5.91 Å². The van der Waals surface area contributed by atoms with Crippen LogP contribution in [0.4, 0.5) is 5.69 Å². The molecular formula is C15H19N3O. The van der Waals surface area contributed by atoms with Gasteiger partial charge in [-0.1, -0.05) is 12.1 Å². The quantitative estimate of drug-likeness (QED) is 0.883. The van der Waals surface area contributed by atoms with E-state index in [1.54, 1.807) is 0 Å². The van der Waals surface area contributed by atoms with Crippen molar-refractivity contribution in [2.45, 2.75) is 32.1 Å². The molecule has 1 amide bonds. The van der Waals surface area contributed by atoms with Gasteiger partial charge in [0.25, 0.3) is 0 Å². The lowest BCUT2D eigenvalue weighted by molar-refractivity contribution is -0.121. The van der Waals surface area contributed by atoms with Crippen LogP contribution in [-0.4, -0.2) is 24.7 Å². The molecule has 0 atom stereocenters. The summed E-state index contributed by atoms with van der Waals surface area (Å²) < 4.78 is 0. The number of rotatable bonds is 2. The van der Waals surface area contributed by atoms with Crippen molar-refractivity contribution < 1.29 is 4.79 Å². The van der Waals surface area contributed by atoms with Crippen LogP contribution in [0, 0.1) is 0 Å². The number of carbonyl (C=O) groups is 1. The molecule has 0 radical (unpaired) electrons. The van der Waals surface area contributed by atoms with Crippen molar-refractivity contribution in [1.82, 2.24) is 5.43 Å². The Morgan fingerprint density at radius 3 is 2.37 bits per heavy atom. The van der Waals surface area contributed by atoms with Crippen LogP contribution in [0.25, 0.3) is 0 Å². The molecule has 4 heteroatoms. The average molecular weight is 257 g/mol. The van der Waals surface area contributed by atoms with Crippen LogP contribution in [0.3, 0.4) is 0 Å². The second kappa shape index (κ2) is 5.43. The molecule has 1 fully saturated rings. The van der Waals surface area contributed by atoms with Crippen LogP contribution in [0.5, 0.6) is 0 Å². The maximum atomic E-state index is 11.1. The van der Waals surface area contributed by atoms with Crippen molar-refractivity contribution in [2.24, 2.45) is 5.10 Å². The highest BCUT2D eigenvalue weighted by atomic mass is 16.2. The normalized spacial score (nSPS) is 19.9. The molecule has 100 valence electrons. The lowest BCUT2D eigenvalue weighted by Gasteiger charge is -2.29. The molecule has 0 saturated carbocycles. The van der Waals surface area contributed by atoms with Crippen LogP contribution < -0.4 is 10.3 Å². The van der Waals surface area contributed by atoms with Gasteiger partial charge in [0.1, 0.15) is 0 Å². The summed E-state index contributed by atoms with van der Waals surface area (Å²) in [4.78, 5) is 13.5. The van der Waals surface area contributed by atoms with Gasteiger partial charge in [-0.3, -0.25) is 4.79 Å². The lowest BCUT2D eigenvalue weighted by Crippen LogP contribution is -2.29. The second-order valence-corrected chi connectivity index (χ2v) is 5.19. The Balaban J connectivity index is 1.73. The molecular weight excluding hydrogens is 238 g/mol. The first-order valence-electron chi connectivity index (χ1n) is 7.04. The Labute approximate surface area is 113 Å². The summed E-state index contributed by atoms with van der Waals surface area (Å²) in [5.74, 6) is 0.00804. The molecule has 1 N–H and O–H groups in total. The van der Waals surface area contributed by atoms with Gasteiger partial charge in [-0.2, -0.15) is 5.10 Å². The molecule has 1 aromatic carbocycles. The number of benzene rings is 1. The predicted molar refractivity (Wildman–Crippen MR) is 76.4 cm³/mol. The molecule has 0 aromatic heterocycles. The number of carbonyl (C=O) groups excluding carboxylic acids is 1. The van der Waals surface area contributed by atoms with E-state index < -0.39 is 0 Å². The minimum atomic E-state index is 0.00804. The fraction of sp³-hybridized carbons (Fsp3) is 0.467. The van der Waals surface area contributed by atoms with Gasteiger partial charge in [0.05, 0.1) is 5.71 Å². The SMILES string of the molecule is O=C1CCC(c2ccc(N3CCCCC3)cc2)=NN1. The van der Waals surface area contributed by atoms with Crippen molar-refractivity contribution in [3.8, 4) is 0 Å². The first-order chi connectivity index (χ1) is 9.33. The molecule has 2 heterocycles. The van der Waals surface area contributed by atoms with Gasteiger partial charge < -0.3 is 4.90 Å². The topological polar surface area (TPSA) is 44.7 Å². The number of nitrogens with one attached hydrogen (secondary N) is 1. The minimum absolute atomic E-state index is 0.00804. The third-order valence-corrected chi connectivity index (χ3v) is 3.83. The van der Waals surface area contributed by atoms with E-state index in [1.807, 2.05) is 0 Å². The third kappa shape index (κ3) is 2.78. The second-order valence-electron chi connectivity index (χ2n) is 5.19. The summed E-state index contributed by atoms with van der Waals surface area (Å²) >= 11 is 0. The standard InChI is InChI=1S/C15H19N3O/c19-15-9-8-14(16-17-15)12-4-6-13(7-5-12)18-10-2-1-3-11-18/h4-7H,1-3,8-11H2,(H,17,19). The summed E-state index contributed by atoms with van der Waals surface area (Å²) in [6.45, 7) is 2.33. The molecule has 3 rings (SSSR count). The summed E-state index contributed by atoms with van der Waals surface area (Å²) in [5, 5.41) is 4.13. The number of piperidine rings is 1. The van der Waals surface area contributed by atoms with Gasteiger partial charge in [0.15, 0.2) is 0 Å². The number of hydrazone groups is 1. The Kier molecular flexibility index (Phi) is 3.49. The number of amides is 1. The molecule has 19 heavy (non-hydrogen) atoms. The first kappa shape index (κ1) is 12.2. The first-order valence-corrected chi connectivity index (χ1v) is 7.04. The zero-order valence-corrected chi connectivity index (χ0v) is 11.1. The van der Waals surface area contributed by atoms with E-state index in [1.165, 1.54) is 24.9 Å². The Morgan fingerprint density at radius 2 is 1.74 bits per heavy atom. The van der Waals surface area contributed by atoms with E-state index in [4.69, 9.17) is 0 Å². The summed E-state index contributed by atoms with van der Waals surface area (Å²) in [7, 11) is 0. The maximum Gasteiger partial charge on any atom is 0.240 e. The summed E-state index contributed by atoms with van der Waals surface area (Å²) in [6.07, 6.45) is 5.20. The monoisotopic (exact) mass is 257 g/mol. The van der Waals surface area contributed by atoms with Crippen molar-refractivity contribution in [3.63, 3.8) is 0 Å². The van der Waals surface area contributed by atoms with Crippen LogP contribution in [-0.2, 0) is 4.79 Å². The fourth-order valence-electron chi connectivity index (χ4n) is 2.70. The molecule has 1 aromatic rings. The minimum Gasteiger partial charge on any atom is -0.372 e. The summed E-state index contributed by atoms with van der Waals surface area (Å²) in [6, 6.07) is 8.56. The van der Waals surface area contributed by atoms with Crippen LogP contribution in [0.15, 0.2) is 29.4 Å². The fourth-order valence-corrected chi connectivity index (χ4v) is 2.70. The number of nitrogens with zero attached hydrogens (tertiary/aromatic N) is 2. The summed E-state index contributed by atoms with van der Waals surface area (Å²) in [5.41, 5.74) is 5.93. The van der Waals surface area contributed by atoms with E-state index in [-0.39, 0.29) is 5.91 Å². The van der Waals surface area contributed by atoms with E-state index >= 15 is 0 Å². The number of hydrogen-bond donors (Lipinski definition) is 1. The van der Waals surface area contributed by atoms with E-state index in [9.17, 15) is 4.79 Å². The number of hydrogen-bond acceptors (Lipinski definition) is 3. The molecule has 0 bridgehead atoms. The van der Waals surface area contributed by atoms with Gasteiger partial charge >= 0.3 is 0 Å². The maximum absolute atomic E-state index is 11.1. The largest absolute Gasteiger partial charge is 0.372 e. The number of anilines is 1. The molecule has 1 saturated heterocycles. The van der Waals surface area contributed by atoms with Gasteiger partial charge in [-0.25, -0.2) is 5.43 Å². The lowest BCUT2D eigenvalue weighted by atomic mass is 10.0. The van der Waals surface area contributed by atoms with Gasteiger partial charge in [-0.15, -0.1) is 0 Å². The molecule has 0 aliphatic carbocycles. The van der Waals surface area contributed by atoms with Crippen molar-refractivity contribution in [3.05, 3.63) is 29.8 Å². The van der Waals surface area contributed by atoms with Crippen LogP contribution in [0.1, 0.15) is 37.7 Å². The smallest absolute Gasteiger partial charge is 0.240 e. The van der Waals surface area contributed by atoms with Crippen molar-refractivity contribution >= 4 is 17.3 Å². The predicted octanol–water partition coefficient (Wildman–Crippen LogP) is 2.29. The van der Waals surface area contributed by atoms with Gasteiger partial charge in [-0.05, 0) is 37.0 Å². The Hall–Kier alpha value is -1.84. The zero-order chi connectivity index (χ0) is 13.1. The molecule has 2 aliphatic rings. The highest BCUT2D eigenvalue weighted by Crippen LogP contribution is 2.21. The highest BCUT2D eigenvalue weighted by molar-refractivity contribution is 6.04. The zero-order valence-electron chi connectivity index (χ0n) is 11.1. The molecule has 0 unspecified atom stereocenters.